The number of piperazine rings is 1. The van der Waals surface area contributed by atoms with Gasteiger partial charge in [0.25, 0.3) is 5.91 Å². The molecule has 236 valence electrons. The number of nitrogens with two attached hydrogens (primary N) is 1. The number of β-lactam (4-membered cyclic amide) rings is 1. The zero-order valence-corrected chi connectivity index (χ0v) is 27.2. The highest BCUT2D eigenvalue weighted by Gasteiger charge is 2.60. The summed E-state index contributed by atoms with van der Waals surface area (Å²) in [6.07, 6.45) is 1.85. The van der Waals surface area contributed by atoms with Crippen LogP contribution < -0.4 is 40.3 Å². The van der Waals surface area contributed by atoms with Gasteiger partial charge in [0.15, 0.2) is 6.54 Å². The zero-order valence-electron chi connectivity index (χ0n) is 24.2. The highest BCUT2D eigenvalue weighted by atomic mass is 127. The van der Waals surface area contributed by atoms with Crippen LogP contribution >= 0.6 is 11.8 Å². The normalized spacial score (nSPS) is 28.5. The number of hydrogen-bond acceptors (Lipinski definition) is 10. The molecule has 0 spiro atoms. The fourth-order valence-electron chi connectivity index (χ4n) is 6.57. The minimum Gasteiger partial charge on any atom is -1.00 e. The Bertz CT molecular complexity index is 1300. The Morgan fingerprint density at radius 2 is 1.98 bits per heavy atom. The number of amides is 4. The predicted octanol–water partition coefficient (Wildman–Crippen LogP) is -5.81. The molecule has 4 amide bonds. The van der Waals surface area contributed by atoms with Crippen LogP contribution in [0.4, 0.5) is 0 Å². The lowest BCUT2D eigenvalue weighted by molar-refractivity contribution is -0.905. The van der Waals surface area contributed by atoms with Crippen LogP contribution in [0.15, 0.2) is 16.9 Å². The molecule has 3 fully saturated rings. The summed E-state index contributed by atoms with van der Waals surface area (Å²) in [5.41, 5.74) is 5.37. The van der Waals surface area contributed by atoms with Crippen molar-refractivity contribution in [1.29, 1.82) is 0 Å². The van der Waals surface area contributed by atoms with Gasteiger partial charge >= 0.3 is 5.97 Å². The third-order valence-electron chi connectivity index (χ3n) is 8.77. The van der Waals surface area contributed by atoms with E-state index in [0.29, 0.717) is 48.5 Å². The summed E-state index contributed by atoms with van der Waals surface area (Å²) in [5.74, 6) is -3.04. The van der Waals surface area contributed by atoms with E-state index in [9.17, 15) is 29.1 Å². The molecule has 3 saturated heterocycles. The monoisotopic (exact) mass is 732 g/mol. The molecule has 18 heteroatoms. The Balaban J connectivity index is 0.00000423. The van der Waals surface area contributed by atoms with Crippen LogP contribution in [0.2, 0.25) is 0 Å². The van der Waals surface area contributed by atoms with Gasteiger partial charge in [-0.25, -0.2) is 9.48 Å². The number of quaternary nitrogens is 1. The van der Waals surface area contributed by atoms with Gasteiger partial charge in [-0.1, -0.05) is 6.92 Å². The van der Waals surface area contributed by atoms with E-state index >= 15 is 0 Å². The minimum atomic E-state index is -1.17. The number of fused-ring (bicyclic) bond motifs is 1. The standard InChI is InChI=1S/C25H36N10O6S.HI/c1-13-20-19(14(2)29-18(37)10-33-12-28-30-31-33)24(39)34(20)21(25(40)41)22(13)42-15-8-16(27-9-15)23(38)32-4-6-35(3,7-5-32)11-17(26)36;/h12-16,19-20,27H,4-11H2,1-3H3,(H3-,26,29,36,37,40,41);1H/t13-,14?,15+,16+,19-,20-;/m1./s1. The van der Waals surface area contributed by atoms with Crippen LogP contribution in [0.1, 0.15) is 20.3 Å². The fraction of sp³-hybridized carbons (Fsp3) is 0.680. The summed E-state index contributed by atoms with van der Waals surface area (Å²) in [4.78, 5) is 66.4. The van der Waals surface area contributed by atoms with E-state index in [0.717, 1.165) is 0 Å². The Hall–Kier alpha value is -2.84. The van der Waals surface area contributed by atoms with Gasteiger partial charge in [-0.15, -0.1) is 16.9 Å². The molecule has 43 heavy (non-hydrogen) atoms. The minimum absolute atomic E-state index is 0. The quantitative estimate of drug-likeness (QED) is 0.101. The van der Waals surface area contributed by atoms with Gasteiger partial charge < -0.3 is 59.7 Å². The SMILES string of the molecule is CC(NC(=O)Cn1cnnn1)[C@H]1C(=O)N2C(C(=O)O)=C(S[C@@H]3CN[C@H](C(=O)N4CC[N+](C)(CC(N)=O)CC4)C3)[C@H](C)[C@H]12.[I-]. The van der Waals surface area contributed by atoms with Crippen molar-refractivity contribution in [2.75, 3.05) is 46.3 Å². The van der Waals surface area contributed by atoms with Crippen LogP contribution in [0.25, 0.3) is 0 Å². The van der Waals surface area contributed by atoms with Crippen molar-refractivity contribution in [3.63, 3.8) is 0 Å². The van der Waals surface area contributed by atoms with E-state index in [2.05, 4.69) is 26.2 Å². The highest BCUT2D eigenvalue weighted by Crippen LogP contribution is 2.51. The molecule has 0 aliphatic carbocycles. The van der Waals surface area contributed by atoms with Gasteiger partial charge in [-0.3, -0.25) is 19.2 Å². The number of carbonyl (C=O) groups is 5. The number of thioether (sulfide) groups is 1. The van der Waals surface area contributed by atoms with Crippen LogP contribution in [0.5, 0.6) is 0 Å². The summed E-state index contributed by atoms with van der Waals surface area (Å²) in [7, 11) is 1.97. The Morgan fingerprint density at radius 1 is 1.28 bits per heavy atom. The number of carbonyl (C=O) groups excluding carboxylic acids is 4. The van der Waals surface area contributed by atoms with Crippen molar-refractivity contribution in [2.45, 2.75) is 50.2 Å². The van der Waals surface area contributed by atoms with E-state index < -0.39 is 17.9 Å². The van der Waals surface area contributed by atoms with E-state index in [-0.39, 0.29) is 89.6 Å². The van der Waals surface area contributed by atoms with E-state index in [4.69, 9.17) is 5.73 Å². The van der Waals surface area contributed by atoms with Crippen LogP contribution in [-0.2, 0) is 30.5 Å². The number of likely N-dealkylation sites (N-methyl/N-ethyl adjacent to an activating group) is 1. The number of tetrazole rings is 1. The maximum Gasteiger partial charge on any atom is 0.353 e. The first kappa shape index (κ1) is 33.1. The highest BCUT2D eigenvalue weighted by molar-refractivity contribution is 8.03. The molecule has 0 bridgehead atoms. The lowest BCUT2D eigenvalue weighted by Gasteiger charge is -2.47. The van der Waals surface area contributed by atoms with Crippen LogP contribution in [0.3, 0.4) is 0 Å². The average Bonchev–Trinajstić information content (AvgIpc) is 3.64. The molecule has 5 rings (SSSR count). The second-order valence-electron chi connectivity index (χ2n) is 11.8. The van der Waals surface area contributed by atoms with Crippen LogP contribution in [-0.4, -0.2) is 139 Å². The number of primary amides is 1. The van der Waals surface area contributed by atoms with Crippen molar-refractivity contribution in [1.82, 2.24) is 40.6 Å². The topological polar surface area (TPSA) is 206 Å². The van der Waals surface area contributed by atoms with Crippen molar-refractivity contribution in [3.05, 3.63) is 16.9 Å². The smallest absolute Gasteiger partial charge is 0.353 e. The van der Waals surface area contributed by atoms with Gasteiger partial charge in [0.2, 0.25) is 17.7 Å². The number of halogens is 1. The largest absolute Gasteiger partial charge is 1.00 e. The first-order valence-corrected chi connectivity index (χ1v) is 14.9. The molecular formula is C25H37IN10O6S. The first-order valence-electron chi connectivity index (χ1n) is 14.0. The Labute approximate surface area is 269 Å². The second-order valence-corrected chi connectivity index (χ2v) is 13.2. The Morgan fingerprint density at radius 3 is 2.58 bits per heavy atom. The maximum absolute atomic E-state index is 13.3. The predicted molar refractivity (Wildman–Crippen MR) is 148 cm³/mol. The average molecular weight is 733 g/mol. The van der Waals surface area contributed by atoms with Crippen molar-refractivity contribution >= 4 is 41.4 Å². The van der Waals surface area contributed by atoms with Gasteiger partial charge in [0.1, 0.15) is 18.6 Å². The molecule has 0 radical (unpaired) electrons. The molecule has 5 heterocycles. The summed E-state index contributed by atoms with van der Waals surface area (Å²) < 4.78 is 1.78. The molecule has 16 nitrogen and oxygen atoms in total. The summed E-state index contributed by atoms with van der Waals surface area (Å²) in [6, 6.07) is -1.29. The van der Waals surface area contributed by atoms with Gasteiger partial charge in [-0.2, -0.15) is 0 Å². The van der Waals surface area contributed by atoms with Gasteiger partial charge in [0.05, 0.1) is 51.2 Å². The lowest BCUT2D eigenvalue weighted by atomic mass is 9.78. The summed E-state index contributed by atoms with van der Waals surface area (Å²) >= 11 is 1.42. The third-order valence-corrected chi connectivity index (χ3v) is 10.3. The molecular weight excluding hydrogens is 695 g/mol. The number of rotatable bonds is 10. The lowest BCUT2D eigenvalue weighted by Crippen LogP contribution is -3.00. The third kappa shape index (κ3) is 6.65. The van der Waals surface area contributed by atoms with Crippen molar-refractivity contribution in [3.8, 4) is 0 Å². The molecule has 5 N–H and O–H groups in total. The number of carboxylic acids is 1. The van der Waals surface area contributed by atoms with E-state index in [1.165, 1.54) is 27.7 Å². The number of carboxylic acid groups (broad SMARTS) is 1. The number of aromatic nitrogens is 4. The Kier molecular flexibility index (Phi) is 10.0. The zero-order chi connectivity index (χ0) is 30.3. The second kappa shape index (κ2) is 13.0. The van der Waals surface area contributed by atoms with Crippen molar-refractivity contribution in [2.24, 2.45) is 17.6 Å². The molecule has 6 atom stereocenters. The summed E-state index contributed by atoms with van der Waals surface area (Å²) in [6.45, 7) is 6.69. The number of hydrogen-bond donors (Lipinski definition) is 4. The van der Waals surface area contributed by atoms with E-state index in [1.807, 2.05) is 18.9 Å². The fourth-order valence-corrected chi connectivity index (χ4v) is 8.05. The van der Waals surface area contributed by atoms with Gasteiger partial charge in [0, 0.05) is 28.7 Å². The van der Waals surface area contributed by atoms with Crippen molar-refractivity contribution < 1.29 is 57.5 Å². The summed E-state index contributed by atoms with van der Waals surface area (Å²) in [5, 5.41) is 26.8. The number of aliphatic carboxylic acids is 1. The van der Waals surface area contributed by atoms with Gasteiger partial charge in [-0.05, 0) is 23.8 Å². The van der Waals surface area contributed by atoms with E-state index in [1.54, 1.807) is 6.92 Å². The molecule has 0 aromatic carbocycles. The maximum atomic E-state index is 13.3. The molecule has 1 aromatic heterocycles. The molecule has 4 aliphatic rings. The number of nitrogens with one attached hydrogen (secondary N) is 2. The molecule has 1 unspecified atom stereocenters. The first-order chi connectivity index (χ1) is 19.9. The van der Waals surface area contributed by atoms with Crippen LogP contribution in [0, 0.1) is 11.8 Å². The molecule has 1 aromatic rings. The molecule has 0 saturated carbocycles. The molecule has 4 aliphatic heterocycles. The number of nitrogens with zero attached hydrogens (tertiary/aromatic N) is 7.